The maximum Gasteiger partial charge on any atom is 0.211 e. The van der Waals surface area contributed by atoms with Crippen molar-refractivity contribution >= 4 is 0 Å². The van der Waals surface area contributed by atoms with Crippen molar-refractivity contribution in [3.63, 3.8) is 0 Å². The minimum absolute atomic E-state index is 1.01. The van der Waals surface area contributed by atoms with Gasteiger partial charge in [0.25, 0.3) is 0 Å². The Labute approximate surface area is 109 Å². The molecule has 0 amide bonds. The molecular formula is C14H34N3+3. The molecular weight excluding hydrogens is 210 g/mol. The summed E-state index contributed by atoms with van der Waals surface area (Å²) in [5.74, 6) is 0. The molecule has 102 valence electrons. The molecule has 0 aliphatic heterocycles. The highest BCUT2D eigenvalue weighted by atomic mass is 15.6. The predicted molar refractivity (Wildman–Crippen MR) is 76.3 cm³/mol. The zero-order valence-corrected chi connectivity index (χ0v) is 13.4. The first-order valence-electron chi connectivity index (χ1n) is 6.42. The van der Waals surface area contributed by atoms with E-state index in [1.54, 1.807) is 0 Å². The summed E-state index contributed by atoms with van der Waals surface area (Å²) in [6.45, 7) is 9.59. The lowest BCUT2D eigenvalue weighted by Crippen LogP contribution is -2.61. The van der Waals surface area contributed by atoms with E-state index >= 15 is 0 Å². The standard InChI is InChI=1S/C14H34N3/c1-14(2)10-11-16(6,7)13-17(8,9)12-15(3,4)5/h1,10-13H2,2-9H3/q+3. The zero-order valence-electron chi connectivity index (χ0n) is 13.4. The summed E-state index contributed by atoms with van der Waals surface area (Å²) in [6, 6.07) is 0. The van der Waals surface area contributed by atoms with E-state index in [0.29, 0.717) is 0 Å². The summed E-state index contributed by atoms with van der Waals surface area (Å²) in [5, 5.41) is 0. The van der Waals surface area contributed by atoms with Crippen molar-refractivity contribution in [3.8, 4) is 0 Å². The molecule has 0 atom stereocenters. The van der Waals surface area contributed by atoms with Crippen LogP contribution >= 0.6 is 0 Å². The summed E-state index contributed by atoms with van der Waals surface area (Å²) < 4.78 is 3.11. The first-order valence-corrected chi connectivity index (χ1v) is 6.42. The van der Waals surface area contributed by atoms with E-state index < -0.39 is 0 Å². The maximum atomic E-state index is 4.00. The Hall–Kier alpha value is -0.380. The van der Waals surface area contributed by atoms with E-state index in [0.717, 1.165) is 33.2 Å². The highest BCUT2D eigenvalue weighted by Crippen LogP contribution is 2.11. The summed E-state index contributed by atoms with van der Waals surface area (Å²) in [7, 11) is 16.1. The fraction of sp³-hybridized carbons (Fsp3) is 0.857. The van der Waals surface area contributed by atoms with Crippen molar-refractivity contribution < 1.29 is 13.4 Å². The van der Waals surface area contributed by atoms with Gasteiger partial charge in [-0.3, -0.25) is 8.97 Å². The molecule has 0 fully saturated rings. The number of rotatable bonds is 7. The average Bonchev–Trinajstić information content (AvgIpc) is 1.93. The number of nitrogens with zero attached hydrogens (tertiary/aromatic N) is 3. The van der Waals surface area contributed by atoms with Crippen LogP contribution in [0.3, 0.4) is 0 Å². The van der Waals surface area contributed by atoms with Crippen LogP contribution in [0.2, 0.25) is 0 Å². The summed E-state index contributed by atoms with van der Waals surface area (Å²) in [5.41, 5.74) is 1.29. The van der Waals surface area contributed by atoms with Crippen LogP contribution < -0.4 is 0 Å². The monoisotopic (exact) mass is 244 g/mol. The highest BCUT2D eigenvalue weighted by molar-refractivity contribution is 4.87. The highest BCUT2D eigenvalue weighted by Gasteiger charge is 2.31. The Morgan fingerprint density at radius 1 is 0.824 bits per heavy atom. The number of hydrogen-bond donors (Lipinski definition) is 0. The van der Waals surface area contributed by atoms with Crippen LogP contribution in [0.15, 0.2) is 12.2 Å². The van der Waals surface area contributed by atoms with E-state index in [2.05, 4.69) is 62.8 Å². The Bertz CT molecular complexity index is 259. The number of quaternary nitrogens is 3. The van der Waals surface area contributed by atoms with E-state index in [1.165, 1.54) is 12.1 Å². The molecule has 0 bridgehead atoms. The van der Waals surface area contributed by atoms with Gasteiger partial charge in [0.1, 0.15) is 0 Å². The van der Waals surface area contributed by atoms with Gasteiger partial charge >= 0.3 is 0 Å². The first-order chi connectivity index (χ1) is 7.33. The van der Waals surface area contributed by atoms with Crippen LogP contribution in [-0.2, 0) is 0 Å². The topological polar surface area (TPSA) is 0 Å². The molecule has 0 N–H and O–H groups in total. The van der Waals surface area contributed by atoms with E-state index in [4.69, 9.17) is 0 Å². The lowest BCUT2D eigenvalue weighted by atomic mass is 10.2. The second-order valence-corrected chi connectivity index (χ2v) is 7.88. The third kappa shape index (κ3) is 9.33. The zero-order chi connectivity index (χ0) is 13.9. The fourth-order valence-electron chi connectivity index (χ4n) is 2.79. The molecule has 0 spiro atoms. The minimum Gasteiger partial charge on any atom is -0.284 e. The SMILES string of the molecule is C=C(C)CC[N+](C)(C)C[N+](C)(C)C[N+](C)(C)C. The predicted octanol–water partition coefficient (Wildman–Crippen LogP) is 1.73. The van der Waals surface area contributed by atoms with Gasteiger partial charge in [0.05, 0.1) is 55.9 Å². The van der Waals surface area contributed by atoms with Gasteiger partial charge in [0.2, 0.25) is 13.3 Å². The van der Waals surface area contributed by atoms with Crippen molar-refractivity contribution in [2.75, 3.05) is 69.2 Å². The molecule has 0 saturated carbocycles. The van der Waals surface area contributed by atoms with E-state index in [-0.39, 0.29) is 0 Å². The normalized spacial score (nSPS) is 13.9. The van der Waals surface area contributed by atoms with Crippen LogP contribution in [-0.4, -0.2) is 82.7 Å². The number of hydrogen-bond acceptors (Lipinski definition) is 0. The van der Waals surface area contributed by atoms with Gasteiger partial charge in [-0.2, -0.15) is 0 Å². The second-order valence-electron chi connectivity index (χ2n) is 7.88. The van der Waals surface area contributed by atoms with Crippen molar-refractivity contribution in [1.82, 2.24) is 0 Å². The van der Waals surface area contributed by atoms with Gasteiger partial charge in [-0.25, -0.2) is 4.48 Å². The molecule has 0 aliphatic carbocycles. The third-order valence-electron chi connectivity index (χ3n) is 2.72. The van der Waals surface area contributed by atoms with Gasteiger partial charge in [0.15, 0.2) is 0 Å². The summed E-state index contributed by atoms with van der Waals surface area (Å²) in [6.07, 6.45) is 1.12. The molecule has 0 rings (SSSR count). The van der Waals surface area contributed by atoms with Crippen molar-refractivity contribution in [3.05, 3.63) is 12.2 Å². The Morgan fingerprint density at radius 2 is 1.29 bits per heavy atom. The van der Waals surface area contributed by atoms with Crippen LogP contribution in [0.4, 0.5) is 0 Å². The van der Waals surface area contributed by atoms with Crippen LogP contribution in [0.25, 0.3) is 0 Å². The van der Waals surface area contributed by atoms with Gasteiger partial charge in [-0.05, 0) is 6.92 Å². The molecule has 0 heterocycles. The van der Waals surface area contributed by atoms with Gasteiger partial charge in [-0.15, -0.1) is 0 Å². The third-order valence-corrected chi connectivity index (χ3v) is 2.72. The molecule has 0 saturated heterocycles. The quantitative estimate of drug-likeness (QED) is 0.363. The van der Waals surface area contributed by atoms with Crippen LogP contribution in [0.5, 0.6) is 0 Å². The lowest BCUT2D eigenvalue weighted by molar-refractivity contribution is -1.14. The summed E-state index contributed by atoms with van der Waals surface area (Å²) >= 11 is 0. The van der Waals surface area contributed by atoms with E-state index in [9.17, 15) is 0 Å². The largest absolute Gasteiger partial charge is 0.284 e. The molecule has 0 aromatic carbocycles. The molecule has 0 aliphatic rings. The first kappa shape index (κ1) is 16.6. The minimum atomic E-state index is 1.01. The fourth-order valence-corrected chi connectivity index (χ4v) is 2.79. The molecule has 0 aromatic rings. The Kier molecular flexibility index (Phi) is 5.38. The smallest absolute Gasteiger partial charge is 0.211 e. The van der Waals surface area contributed by atoms with Gasteiger partial charge in [-0.1, -0.05) is 12.2 Å². The maximum absolute atomic E-state index is 4.00. The summed E-state index contributed by atoms with van der Waals surface area (Å²) in [4.78, 5) is 0. The molecule has 0 aromatic heterocycles. The molecule has 0 radical (unpaired) electrons. The molecule has 0 unspecified atom stereocenters. The van der Waals surface area contributed by atoms with Gasteiger partial charge in [0, 0.05) is 6.42 Å². The van der Waals surface area contributed by atoms with Gasteiger partial charge < -0.3 is 0 Å². The van der Waals surface area contributed by atoms with Crippen LogP contribution in [0.1, 0.15) is 13.3 Å². The Morgan fingerprint density at radius 3 is 1.65 bits per heavy atom. The van der Waals surface area contributed by atoms with Crippen molar-refractivity contribution in [1.29, 1.82) is 0 Å². The lowest BCUT2D eigenvalue weighted by Gasteiger charge is -2.41. The van der Waals surface area contributed by atoms with Crippen molar-refractivity contribution in [2.24, 2.45) is 0 Å². The second kappa shape index (κ2) is 5.51. The van der Waals surface area contributed by atoms with Crippen LogP contribution in [0, 0.1) is 0 Å². The van der Waals surface area contributed by atoms with E-state index in [1.807, 2.05) is 0 Å². The average molecular weight is 244 g/mol. The molecule has 3 heteroatoms. The Balaban J connectivity index is 4.42. The molecule has 17 heavy (non-hydrogen) atoms. The molecule has 3 nitrogen and oxygen atoms in total. The van der Waals surface area contributed by atoms with Crippen molar-refractivity contribution in [2.45, 2.75) is 13.3 Å².